The van der Waals surface area contributed by atoms with E-state index in [1.54, 1.807) is 30.3 Å². The molecule has 0 radical (unpaired) electrons. The van der Waals surface area contributed by atoms with Gasteiger partial charge >= 0.3 is 0 Å². The Morgan fingerprint density at radius 1 is 1.00 bits per heavy atom. The van der Waals surface area contributed by atoms with Crippen molar-refractivity contribution < 1.29 is 4.74 Å². The van der Waals surface area contributed by atoms with Gasteiger partial charge in [0.15, 0.2) is 0 Å². The van der Waals surface area contributed by atoms with Gasteiger partial charge in [0.05, 0.1) is 0 Å². The van der Waals surface area contributed by atoms with Crippen LogP contribution in [0.1, 0.15) is 5.56 Å². The number of anilines is 1. The Labute approximate surface area is 110 Å². The molecule has 4 heteroatoms. The maximum Gasteiger partial charge on any atom is 0.119 e. The topological polar surface area (TPSA) is 35.2 Å². The van der Waals surface area contributed by atoms with Crippen molar-refractivity contribution >= 4 is 28.9 Å². The van der Waals surface area contributed by atoms with E-state index in [1.165, 1.54) is 0 Å². The lowest BCUT2D eigenvalue weighted by Crippen LogP contribution is -1.97. The SMILES string of the molecule is Nc1ccc(Cl)c(COc2ccc(Cl)cc2)c1. The summed E-state index contributed by atoms with van der Waals surface area (Å²) < 4.78 is 5.58. The van der Waals surface area contributed by atoms with E-state index < -0.39 is 0 Å². The maximum atomic E-state index is 6.03. The Morgan fingerprint density at radius 2 is 1.71 bits per heavy atom. The van der Waals surface area contributed by atoms with E-state index in [0.717, 1.165) is 11.3 Å². The van der Waals surface area contributed by atoms with Crippen LogP contribution in [0.3, 0.4) is 0 Å². The van der Waals surface area contributed by atoms with Gasteiger partial charge in [-0.3, -0.25) is 0 Å². The fourth-order valence-electron chi connectivity index (χ4n) is 1.40. The first kappa shape index (κ1) is 12.1. The van der Waals surface area contributed by atoms with Crippen LogP contribution in [0.15, 0.2) is 42.5 Å². The molecule has 0 spiro atoms. The summed E-state index contributed by atoms with van der Waals surface area (Å²) in [5.41, 5.74) is 7.22. The lowest BCUT2D eigenvalue weighted by atomic mass is 10.2. The third-order valence-corrected chi connectivity index (χ3v) is 2.90. The van der Waals surface area contributed by atoms with E-state index in [9.17, 15) is 0 Å². The van der Waals surface area contributed by atoms with Crippen molar-refractivity contribution in [2.45, 2.75) is 6.61 Å². The molecule has 0 aliphatic heterocycles. The third kappa shape index (κ3) is 3.29. The molecule has 0 aromatic heterocycles. The van der Waals surface area contributed by atoms with Gasteiger partial charge in [-0.25, -0.2) is 0 Å². The van der Waals surface area contributed by atoms with Crippen molar-refractivity contribution in [1.29, 1.82) is 0 Å². The highest BCUT2D eigenvalue weighted by molar-refractivity contribution is 6.31. The molecule has 2 aromatic carbocycles. The number of hydrogen-bond donors (Lipinski definition) is 1. The van der Waals surface area contributed by atoms with Crippen LogP contribution in [0.25, 0.3) is 0 Å². The van der Waals surface area contributed by atoms with E-state index >= 15 is 0 Å². The lowest BCUT2D eigenvalue weighted by Gasteiger charge is -2.08. The number of rotatable bonds is 3. The molecule has 2 rings (SSSR count). The van der Waals surface area contributed by atoms with Crippen LogP contribution in [0.5, 0.6) is 5.75 Å². The molecule has 88 valence electrons. The summed E-state index contributed by atoms with van der Waals surface area (Å²) in [7, 11) is 0. The van der Waals surface area contributed by atoms with Crippen molar-refractivity contribution in [1.82, 2.24) is 0 Å². The zero-order valence-corrected chi connectivity index (χ0v) is 10.5. The van der Waals surface area contributed by atoms with Gasteiger partial charge in [0.2, 0.25) is 0 Å². The first-order valence-corrected chi connectivity index (χ1v) is 5.83. The largest absolute Gasteiger partial charge is 0.489 e. The lowest BCUT2D eigenvalue weighted by molar-refractivity contribution is 0.306. The minimum absolute atomic E-state index is 0.380. The predicted molar refractivity (Wildman–Crippen MR) is 71.6 cm³/mol. The Balaban J connectivity index is 2.07. The highest BCUT2D eigenvalue weighted by atomic mass is 35.5. The Kier molecular flexibility index (Phi) is 3.77. The van der Waals surface area contributed by atoms with Crippen LogP contribution in [-0.2, 0) is 6.61 Å². The van der Waals surface area contributed by atoms with E-state index in [2.05, 4.69) is 0 Å². The molecule has 0 aliphatic carbocycles. The van der Waals surface area contributed by atoms with Gasteiger partial charge in [-0.15, -0.1) is 0 Å². The van der Waals surface area contributed by atoms with Crippen LogP contribution in [-0.4, -0.2) is 0 Å². The third-order valence-electron chi connectivity index (χ3n) is 2.28. The standard InChI is InChI=1S/C13H11Cl2NO/c14-10-1-4-12(5-2-10)17-8-9-7-11(16)3-6-13(9)15/h1-7H,8,16H2. The molecule has 0 fully saturated rings. The molecule has 0 saturated heterocycles. The number of ether oxygens (including phenoxy) is 1. The van der Waals surface area contributed by atoms with Crippen molar-refractivity contribution in [3.63, 3.8) is 0 Å². The molecule has 0 saturated carbocycles. The van der Waals surface area contributed by atoms with Gasteiger partial charge in [-0.1, -0.05) is 23.2 Å². The quantitative estimate of drug-likeness (QED) is 0.848. The van der Waals surface area contributed by atoms with Crippen molar-refractivity contribution in [2.24, 2.45) is 0 Å². The Bertz CT molecular complexity index is 511. The molecule has 2 N–H and O–H groups in total. The minimum atomic E-state index is 0.380. The molecule has 0 heterocycles. The second-order valence-corrected chi connectivity index (χ2v) is 4.44. The van der Waals surface area contributed by atoms with Gasteiger partial charge in [0, 0.05) is 21.3 Å². The van der Waals surface area contributed by atoms with E-state index in [-0.39, 0.29) is 0 Å². The fraction of sp³-hybridized carbons (Fsp3) is 0.0769. The van der Waals surface area contributed by atoms with Crippen LogP contribution in [0, 0.1) is 0 Å². The highest BCUT2D eigenvalue weighted by Gasteiger charge is 2.02. The fourth-order valence-corrected chi connectivity index (χ4v) is 1.70. The van der Waals surface area contributed by atoms with Crippen molar-refractivity contribution in [3.8, 4) is 5.75 Å². The molecule has 0 atom stereocenters. The second kappa shape index (κ2) is 5.30. The number of benzene rings is 2. The van der Waals surface area contributed by atoms with E-state index in [0.29, 0.717) is 22.3 Å². The monoisotopic (exact) mass is 267 g/mol. The van der Waals surface area contributed by atoms with E-state index in [1.807, 2.05) is 12.1 Å². The van der Waals surface area contributed by atoms with E-state index in [4.69, 9.17) is 33.7 Å². The summed E-state index contributed by atoms with van der Waals surface area (Å²) in [5.74, 6) is 0.743. The zero-order chi connectivity index (χ0) is 12.3. The number of nitrogen functional groups attached to an aromatic ring is 1. The summed E-state index contributed by atoms with van der Waals surface area (Å²) in [4.78, 5) is 0. The minimum Gasteiger partial charge on any atom is -0.489 e. The Morgan fingerprint density at radius 3 is 2.41 bits per heavy atom. The molecule has 0 aliphatic rings. The molecule has 0 amide bonds. The van der Waals surface area contributed by atoms with Crippen molar-refractivity contribution in [2.75, 3.05) is 5.73 Å². The first-order valence-electron chi connectivity index (χ1n) is 5.07. The van der Waals surface area contributed by atoms with Gasteiger partial charge in [-0.05, 0) is 42.5 Å². The van der Waals surface area contributed by atoms with Gasteiger partial charge < -0.3 is 10.5 Å². The summed E-state index contributed by atoms with van der Waals surface area (Å²) in [5, 5.41) is 1.33. The molecular formula is C13H11Cl2NO. The molecule has 0 unspecified atom stereocenters. The maximum absolute atomic E-state index is 6.03. The van der Waals surface area contributed by atoms with Gasteiger partial charge in [0.1, 0.15) is 12.4 Å². The van der Waals surface area contributed by atoms with Crippen LogP contribution >= 0.6 is 23.2 Å². The van der Waals surface area contributed by atoms with Crippen molar-refractivity contribution in [3.05, 3.63) is 58.1 Å². The first-order chi connectivity index (χ1) is 8.15. The average molecular weight is 268 g/mol. The zero-order valence-electron chi connectivity index (χ0n) is 8.99. The molecule has 17 heavy (non-hydrogen) atoms. The molecule has 0 bridgehead atoms. The van der Waals surface area contributed by atoms with Crippen LogP contribution < -0.4 is 10.5 Å². The van der Waals surface area contributed by atoms with Gasteiger partial charge in [0.25, 0.3) is 0 Å². The number of hydrogen-bond acceptors (Lipinski definition) is 2. The summed E-state index contributed by atoms with van der Waals surface area (Å²) in [6.07, 6.45) is 0. The smallest absolute Gasteiger partial charge is 0.119 e. The molecule has 2 nitrogen and oxygen atoms in total. The highest BCUT2D eigenvalue weighted by Crippen LogP contribution is 2.22. The summed E-state index contributed by atoms with van der Waals surface area (Å²) in [6.45, 7) is 0.380. The second-order valence-electron chi connectivity index (χ2n) is 3.59. The number of halogens is 2. The molecular weight excluding hydrogens is 257 g/mol. The normalized spacial score (nSPS) is 10.2. The summed E-state index contributed by atoms with van der Waals surface area (Å²) >= 11 is 11.8. The molecule has 2 aromatic rings. The summed E-state index contributed by atoms with van der Waals surface area (Å²) in [6, 6.07) is 12.5. The van der Waals surface area contributed by atoms with Crippen LogP contribution in [0.2, 0.25) is 10.0 Å². The predicted octanol–water partition coefficient (Wildman–Crippen LogP) is 4.15. The van der Waals surface area contributed by atoms with Gasteiger partial charge in [-0.2, -0.15) is 0 Å². The average Bonchev–Trinajstić information content (AvgIpc) is 2.32. The Hall–Kier alpha value is -1.38. The van der Waals surface area contributed by atoms with Crippen LogP contribution in [0.4, 0.5) is 5.69 Å². The number of nitrogens with two attached hydrogens (primary N) is 1.